The maximum Gasteiger partial charge on any atom is 0.183 e. The van der Waals surface area contributed by atoms with E-state index in [2.05, 4.69) is 9.97 Å². The van der Waals surface area contributed by atoms with Crippen LogP contribution in [0.4, 0.5) is 0 Å². The van der Waals surface area contributed by atoms with Crippen LogP contribution in [0.25, 0.3) is 0 Å². The van der Waals surface area contributed by atoms with Crippen molar-refractivity contribution in [1.29, 1.82) is 0 Å². The first-order chi connectivity index (χ1) is 7.24. The van der Waals surface area contributed by atoms with Crippen LogP contribution >= 0.6 is 0 Å². The summed E-state index contributed by atoms with van der Waals surface area (Å²) in [6.07, 6.45) is 1.33. The molecule has 1 aliphatic carbocycles. The lowest BCUT2D eigenvalue weighted by Gasteiger charge is -2.17. The first kappa shape index (κ1) is 10.3. The molecule has 2 rings (SSSR count). The first-order valence-electron chi connectivity index (χ1n) is 5.04. The van der Waals surface area contributed by atoms with Crippen LogP contribution in [-0.2, 0) is 17.8 Å². The molecule has 0 saturated heterocycles. The quantitative estimate of drug-likeness (QED) is 0.748. The molecule has 1 aliphatic rings. The molecule has 1 unspecified atom stereocenters. The van der Waals surface area contributed by atoms with Gasteiger partial charge in [-0.05, 0) is 18.9 Å². The molecule has 5 nitrogen and oxygen atoms in total. The van der Waals surface area contributed by atoms with Crippen molar-refractivity contribution in [2.45, 2.75) is 19.4 Å². The molecule has 1 heterocycles. The maximum absolute atomic E-state index is 11.7. The summed E-state index contributed by atoms with van der Waals surface area (Å²) in [6, 6.07) is 0. The zero-order valence-electron chi connectivity index (χ0n) is 8.75. The number of methoxy groups -OCH3 is 1. The molecule has 0 aromatic carbocycles. The third-order valence-corrected chi connectivity index (χ3v) is 2.67. The van der Waals surface area contributed by atoms with Crippen molar-refractivity contribution in [3.8, 4) is 0 Å². The number of nitrogens with one attached hydrogen (secondary N) is 1. The highest BCUT2D eigenvalue weighted by molar-refractivity contribution is 5.96. The van der Waals surface area contributed by atoms with Crippen LogP contribution in [-0.4, -0.2) is 29.4 Å². The van der Waals surface area contributed by atoms with Crippen molar-refractivity contribution in [2.24, 2.45) is 11.7 Å². The molecule has 3 N–H and O–H groups in total. The summed E-state index contributed by atoms with van der Waals surface area (Å²) in [5.41, 5.74) is 7.06. The minimum absolute atomic E-state index is 0.0882. The number of nitrogens with zero attached hydrogens (tertiary/aromatic N) is 1. The highest BCUT2D eigenvalue weighted by Gasteiger charge is 2.27. The fourth-order valence-electron chi connectivity index (χ4n) is 1.93. The lowest BCUT2D eigenvalue weighted by Crippen LogP contribution is -2.26. The largest absolute Gasteiger partial charge is 0.377 e. The summed E-state index contributed by atoms with van der Waals surface area (Å²) >= 11 is 0. The van der Waals surface area contributed by atoms with Crippen molar-refractivity contribution in [3.05, 3.63) is 17.2 Å². The summed E-state index contributed by atoms with van der Waals surface area (Å²) in [7, 11) is 1.60. The molecule has 15 heavy (non-hydrogen) atoms. The Labute approximate surface area is 88.0 Å². The van der Waals surface area contributed by atoms with Gasteiger partial charge in [0.05, 0.1) is 0 Å². The van der Waals surface area contributed by atoms with E-state index in [1.807, 2.05) is 0 Å². The second-order valence-electron chi connectivity index (χ2n) is 3.88. The van der Waals surface area contributed by atoms with Crippen LogP contribution in [0.1, 0.15) is 28.4 Å². The highest BCUT2D eigenvalue weighted by Crippen LogP contribution is 2.23. The standard InChI is InChI=1S/C10H15N3O2/c1-15-5-9-12-7-2-6(4-11)3-8(14)10(7)13-9/h6H,2-5,11H2,1H3,(H,12,13). The van der Waals surface area contributed by atoms with Crippen molar-refractivity contribution >= 4 is 5.78 Å². The Morgan fingerprint density at radius 2 is 2.40 bits per heavy atom. The predicted octanol–water partition coefficient (Wildman–Crippen LogP) is 0.260. The number of ether oxygens (including phenoxy) is 1. The molecule has 0 bridgehead atoms. The summed E-state index contributed by atoms with van der Waals surface area (Å²) < 4.78 is 4.96. The fourth-order valence-corrected chi connectivity index (χ4v) is 1.93. The average Bonchev–Trinajstić information content (AvgIpc) is 2.61. The number of Topliss-reactive ketones (excluding diaryl/α,β-unsaturated/α-hetero) is 1. The van der Waals surface area contributed by atoms with Crippen LogP contribution in [0.2, 0.25) is 0 Å². The van der Waals surface area contributed by atoms with Gasteiger partial charge in [-0.1, -0.05) is 0 Å². The van der Waals surface area contributed by atoms with Crippen molar-refractivity contribution < 1.29 is 9.53 Å². The van der Waals surface area contributed by atoms with Gasteiger partial charge in [0.25, 0.3) is 0 Å². The number of aromatic nitrogens is 2. The number of nitrogens with two attached hydrogens (primary N) is 1. The van der Waals surface area contributed by atoms with Gasteiger partial charge in [0.1, 0.15) is 18.1 Å². The smallest absolute Gasteiger partial charge is 0.183 e. The van der Waals surface area contributed by atoms with E-state index in [0.717, 1.165) is 12.1 Å². The Morgan fingerprint density at radius 1 is 1.60 bits per heavy atom. The minimum atomic E-state index is 0.0882. The number of hydrogen-bond donors (Lipinski definition) is 2. The van der Waals surface area contributed by atoms with Gasteiger partial charge in [-0.15, -0.1) is 0 Å². The first-order valence-corrected chi connectivity index (χ1v) is 5.04. The van der Waals surface area contributed by atoms with E-state index in [-0.39, 0.29) is 11.7 Å². The number of hydrogen-bond acceptors (Lipinski definition) is 4. The number of aromatic amines is 1. The number of rotatable bonds is 3. The number of carbonyl (C=O) groups excluding carboxylic acids is 1. The van der Waals surface area contributed by atoms with E-state index in [1.54, 1.807) is 7.11 Å². The van der Waals surface area contributed by atoms with Crippen LogP contribution in [0, 0.1) is 5.92 Å². The van der Waals surface area contributed by atoms with Gasteiger partial charge >= 0.3 is 0 Å². The molecule has 0 amide bonds. The van der Waals surface area contributed by atoms with Gasteiger partial charge < -0.3 is 15.5 Å². The lowest BCUT2D eigenvalue weighted by molar-refractivity contribution is 0.0945. The van der Waals surface area contributed by atoms with Crippen molar-refractivity contribution in [1.82, 2.24) is 9.97 Å². The lowest BCUT2D eigenvalue weighted by atomic mass is 9.89. The van der Waals surface area contributed by atoms with Crippen LogP contribution in [0.15, 0.2) is 0 Å². The molecule has 0 fully saturated rings. The number of H-pyrrole nitrogens is 1. The molecule has 82 valence electrons. The molecule has 1 aromatic rings. The third-order valence-electron chi connectivity index (χ3n) is 2.67. The van der Waals surface area contributed by atoms with E-state index in [9.17, 15) is 4.79 Å². The van der Waals surface area contributed by atoms with Crippen molar-refractivity contribution in [2.75, 3.05) is 13.7 Å². The van der Waals surface area contributed by atoms with Crippen LogP contribution in [0.5, 0.6) is 0 Å². The maximum atomic E-state index is 11.7. The molecule has 1 atom stereocenters. The van der Waals surface area contributed by atoms with Gasteiger partial charge in [0, 0.05) is 19.2 Å². The number of imidazole rings is 1. The summed E-state index contributed by atoms with van der Waals surface area (Å²) in [5, 5.41) is 0. The topological polar surface area (TPSA) is 81.0 Å². The van der Waals surface area contributed by atoms with E-state index in [0.29, 0.717) is 31.1 Å². The molecular formula is C10H15N3O2. The predicted molar refractivity (Wildman–Crippen MR) is 54.5 cm³/mol. The molecule has 5 heteroatoms. The van der Waals surface area contributed by atoms with E-state index in [1.165, 1.54) is 0 Å². The third kappa shape index (κ3) is 1.93. The Hall–Kier alpha value is -1.20. The monoisotopic (exact) mass is 209 g/mol. The normalized spacial score (nSPS) is 20.4. The van der Waals surface area contributed by atoms with Gasteiger partial charge in [-0.3, -0.25) is 4.79 Å². The summed E-state index contributed by atoms with van der Waals surface area (Å²) in [4.78, 5) is 19.0. The zero-order chi connectivity index (χ0) is 10.8. The van der Waals surface area contributed by atoms with Gasteiger partial charge in [0.15, 0.2) is 5.78 Å². The Balaban J connectivity index is 2.25. The second-order valence-corrected chi connectivity index (χ2v) is 3.88. The highest BCUT2D eigenvalue weighted by atomic mass is 16.5. The fraction of sp³-hybridized carbons (Fsp3) is 0.600. The molecule has 0 spiro atoms. The van der Waals surface area contributed by atoms with Gasteiger partial charge in [-0.2, -0.15) is 0 Å². The number of ketones is 1. The van der Waals surface area contributed by atoms with Crippen LogP contribution < -0.4 is 5.73 Å². The Morgan fingerprint density at radius 3 is 3.07 bits per heavy atom. The Bertz CT molecular complexity index is 373. The Kier molecular flexibility index (Phi) is 2.83. The molecule has 0 aliphatic heterocycles. The molecule has 1 aromatic heterocycles. The number of fused-ring (bicyclic) bond motifs is 1. The van der Waals surface area contributed by atoms with Crippen molar-refractivity contribution in [3.63, 3.8) is 0 Å². The summed E-state index contributed by atoms with van der Waals surface area (Å²) in [6.45, 7) is 0.956. The van der Waals surface area contributed by atoms with Gasteiger partial charge in [-0.25, -0.2) is 4.98 Å². The average molecular weight is 209 g/mol. The van der Waals surface area contributed by atoms with E-state index in [4.69, 9.17) is 10.5 Å². The molecule has 0 radical (unpaired) electrons. The van der Waals surface area contributed by atoms with E-state index >= 15 is 0 Å². The molecule has 0 saturated carbocycles. The molecular weight excluding hydrogens is 194 g/mol. The SMILES string of the molecule is COCc1nc2c([nH]1)CC(CN)CC2=O. The van der Waals surface area contributed by atoms with Gasteiger partial charge in [0.2, 0.25) is 0 Å². The van der Waals surface area contributed by atoms with Crippen LogP contribution in [0.3, 0.4) is 0 Å². The minimum Gasteiger partial charge on any atom is -0.377 e. The van der Waals surface area contributed by atoms with E-state index < -0.39 is 0 Å². The summed E-state index contributed by atoms with van der Waals surface area (Å²) in [5.74, 6) is 1.06. The zero-order valence-corrected chi connectivity index (χ0v) is 8.75. The number of carbonyl (C=O) groups is 1. The second kappa shape index (κ2) is 4.12.